The van der Waals surface area contributed by atoms with Gasteiger partial charge in [0.05, 0.1) is 5.02 Å². The van der Waals surface area contributed by atoms with Crippen molar-refractivity contribution >= 4 is 17.6 Å². The highest BCUT2D eigenvalue weighted by atomic mass is 35.5. The molecule has 1 N–H and O–H groups in total. The number of hydrogen-bond donors (Lipinski definition) is 1. The van der Waals surface area contributed by atoms with Crippen molar-refractivity contribution in [1.29, 1.82) is 0 Å². The lowest BCUT2D eigenvalue weighted by atomic mass is 10.1. The predicted octanol–water partition coefficient (Wildman–Crippen LogP) is 2.89. The fraction of sp³-hybridized carbons (Fsp3) is 0.167. The van der Waals surface area contributed by atoms with Crippen LogP contribution >= 0.6 is 11.6 Å². The van der Waals surface area contributed by atoms with Crippen LogP contribution < -0.4 is 0 Å². The fourth-order valence-corrected chi connectivity index (χ4v) is 1.98. The molecule has 94 valence electrons. The van der Waals surface area contributed by atoms with Crippen LogP contribution in [0.4, 0.5) is 4.39 Å². The predicted molar refractivity (Wildman–Crippen MR) is 65.3 cm³/mol. The Hall–Kier alpha value is -1.88. The highest BCUT2D eigenvalue weighted by Gasteiger charge is 2.19. The summed E-state index contributed by atoms with van der Waals surface area (Å²) in [4.78, 5) is 11.1. The van der Waals surface area contributed by atoms with E-state index in [1.165, 1.54) is 23.0 Å². The van der Waals surface area contributed by atoms with Gasteiger partial charge in [-0.1, -0.05) is 11.6 Å². The summed E-state index contributed by atoms with van der Waals surface area (Å²) < 4.78 is 14.9. The van der Waals surface area contributed by atoms with Gasteiger partial charge in [0.1, 0.15) is 17.1 Å². The van der Waals surface area contributed by atoms with Crippen molar-refractivity contribution in [1.82, 2.24) is 9.78 Å². The van der Waals surface area contributed by atoms with Crippen LogP contribution in [0, 0.1) is 12.7 Å². The number of aromatic carboxylic acids is 1. The van der Waals surface area contributed by atoms with Gasteiger partial charge >= 0.3 is 5.97 Å². The van der Waals surface area contributed by atoms with Gasteiger partial charge in [0.15, 0.2) is 0 Å². The first-order chi connectivity index (χ1) is 8.40. The van der Waals surface area contributed by atoms with E-state index in [1.54, 1.807) is 14.0 Å². The topological polar surface area (TPSA) is 55.1 Å². The molecule has 0 bridgehead atoms. The van der Waals surface area contributed by atoms with Crippen LogP contribution in [0.1, 0.15) is 15.9 Å². The molecule has 18 heavy (non-hydrogen) atoms. The molecular weight excluding hydrogens is 259 g/mol. The number of halogens is 2. The van der Waals surface area contributed by atoms with Crippen molar-refractivity contribution in [2.45, 2.75) is 6.92 Å². The molecule has 0 aliphatic rings. The molecule has 0 saturated carbocycles. The molecule has 4 nitrogen and oxygen atoms in total. The number of carbonyl (C=O) groups is 1. The summed E-state index contributed by atoms with van der Waals surface area (Å²) in [6.07, 6.45) is 1.35. The Labute approximate surface area is 108 Å². The maximum absolute atomic E-state index is 13.5. The van der Waals surface area contributed by atoms with Gasteiger partial charge in [-0.05, 0) is 24.6 Å². The summed E-state index contributed by atoms with van der Waals surface area (Å²) in [6.45, 7) is 1.58. The van der Waals surface area contributed by atoms with Crippen molar-refractivity contribution < 1.29 is 14.3 Å². The molecule has 0 radical (unpaired) electrons. The van der Waals surface area contributed by atoms with Gasteiger partial charge in [-0.15, -0.1) is 0 Å². The monoisotopic (exact) mass is 268 g/mol. The smallest absolute Gasteiger partial charge is 0.339 e. The number of benzene rings is 1. The van der Waals surface area contributed by atoms with E-state index in [2.05, 4.69) is 5.10 Å². The largest absolute Gasteiger partial charge is 0.478 e. The number of carboxylic acids is 1. The summed E-state index contributed by atoms with van der Waals surface area (Å²) in [7, 11) is 1.59. The van der Waals surface area contributed by atoms with Crippen molar-refractivity contribution in [2.24, 2.45) is 7.05 Å². The van der Waals surface area contributed by atoms with Crippen LogP contribution in [-0.4, -0.2) is 20.9 Å². The van der Waals surface area contributed by atoms with Gasteiger partial charge < -0.3 is 5.11 Å². The number of aromatic nitrogens is 2. The van der Waals surface area contributed by atoms with E-state index in [0.717, 1.165) is 0 Å². The van der Waals surface area contributed by atoms with Crippen LogP contribution in [0.25, 0.3) is 11.3 Å². The van der Waals surface area contributed by atoms with Crippen LogP contribution in [0.3, 0.4) is 0 Å². The average Bonchev–Trinajstić information content (AvgIpc) is 2.65. The summed E-state index contributed by atoms with van der Waals surface area (Å²) in [6, 6.07) is 2.65. The molecule has 0 saturated heterocycles. The highest BCUT2D eigenvalue weighted by molar-refractivity contribution is 6.33. The minimum absolute atomic E-state index is 0.0114. The molecule has 0 spiro atoms. The third-order valence-corrected chi connectivity index (χ3v) is 2.88. The normalized spacial score (nSPS) is 10.7. The van der Waals surface area contributed by atoms with Crippen molar-refractivity contribution in [3.8, 4) is 11.3 Å². The summed E-state index contributed by atoms with van der Waals surface area (Å²) in [5, 5.41) is 13.4. The minimum Gasteiger partial charge on any atom is -0.478 e. The second-order valence-electron chi connectivity index (χ2n) is 3.95. The lowest BCUT2D eigenvalue weighted by Crippen LogP contribution is -1.98. The second kappa shape index (κ2) is 4.42. The summed E-state index contributed by atoms with van der Waals surface area (Å²) in [5.74, 6) is -1.58. The van der Waals surface area contributed by atoms with E-state index in [4.69, 9.17) is 16.7 Å². The summed E-state index contributed by atoms with van der Waals surface area (Å²) in [5.41, 5.74) is 0.825. The fourth-order valence-electron chi connectivity index (χ4n) is 1.67. The zero-order valence-corrected chi connectivity index (χ0v) is 10.5. The molecule has 0 aliphatic carbocycles. The lowest BCUT2D eigenvalue weighted by Gasteiger charge is -2.05. The SMILES string of the molecule is Cc1cc(Cl)c(-c2nn(C)cc2C(=O)O)cc1F. The van der Waals surface area contributed by atoms with Gasteiger partial charge in [-0.25, -0.2) is 9.18 Å². The Bertz CT molecular complexity index is 637. The Morgan fingerprint density at radius 2 is 2.17 bits per heavy atom. The Morgan fingerprint density at radius 3 is 2.78 bits per heavy atom. The number of rotatable bonds is 2. The molecule has 0 atom stereocenters. The molecular formula is C12H10ClFN2O2. The number of aryl methyl sites for hydroxylation is 2. The molecule has 1 aromatic heterocycles. The molecule has 0 aliphatic heterocycles. The Morgan fingerprint density at radius 1 is 1.50 bits per heavy atom. The quantitative estimate of drug-likeness (QED) is 0.911. The standard InChI is InChI=1S/C12H10ClFN2O2/c1-6-3-9(13)7(4-10(6)14)11-8(12(17)18)5-16(2)15-11/h3-5H,1-2H3,(H,17,18). The number of nitrogens with zero attached hydrogens (tertiary/aromatic N) is 2. The zero-order valence-electron chi connectivity index (χ0n) is 9.74. The zero-order chi connectivity index (χ0) is 13.4. The van der Waals surface area contributed by atoms with E-state index in [9.17, 15) is 9.18 Å². The van der Waals surface area contributed by atoms with Crippen LogP contribution in [0.2, 0.25) is 5.02 Å². The molecule has 6 heteroatoms. The molecule has 1 heterocycles. The van der Waals surface area contributed by atoms with E-state index < -0.39 is 11.8 Å². The van der Waals surface area contributed by atoms with Crippen molar-refractivity contribution in [2.75, 3.05) is 0 Å². The Balaban J connectivity index is 2.69. The molecule has 1 aromatic carbocycles. The van der Waals surface area contributed by atoms with Gasteiger partial charge in [-0.2, -0.15) is 5.10 Å². The number of carboxylic acid groups (broad SMARTS) is 1. The van der Waals surface area contributed by atoms with Crippen molar-refractivity contribution in [3.63, 3.8) is 0 Å². The van der Waals surface area contributed by atoms with Gasteiger partial charge in [0, 0.05) is 18.8 Å². The maximum atomic E-state index is 13.5. The Kier molecular flexibility index (Phi) is 3.09. The first-order valence-electron chi connectivity index (χ1n) is 5.13. The van der Waals surface area contributed by atoms with Gasteiger partial charge in [-0.3, -0.25) is 4.68 Å². The van der Waals surface area contributed by atoms with E-state index >= 15 is 0 Å². The third kappa shape index (κ3) is 2.09. The first-order valence-corrected chi connectivity index (χ1v) is 5.51. The molecule has 2 rings (SSSR count). The summed E-state index contributed by atoms with van der Waals surface area (Å²) >= 11 is 6.01. The van der Waals surface area contributed by atoms with E-state index in [-0.39, 0.29) is 21.8 Å². The first kappa shape index (κ1) is 12.6. The average molecular weight is 269 g/mol. The maximum Gasteiger partial charge on any atom is 0.339 e. The molecule has 0 unspecified atom stereocenters. The van der Waals surface area contributed by atoms with Crippen molar-refractivity contribution in [3.05, 3.63) is 40.3 Å². The molecule has 0 fully saturated rings. The van der Waals surface area contributed by atoms with Crippen LogP contribution in [-0.2, 0) is 7.05 Å². The van der Waals surface area contributed by atoms with E-state index in [1.807, 2.05) is 0 Å². The second-order valence-corrected chi connectivity index (χ2v) is 4.36. The van der Waals surface area contributed by atoms with Gasteiger partial charge in [0.25, 0.3) is 0 Å². The van der Waals surface area contributed by atoms with E-state index in [0.29, 0.717) is 5.56 Å². The molecule has 2 aromatic rings. The third-order valence-electron chi connectivity index (χ3n) is 2.56. The number of hydrogen-bond acceptors (Lipinski definition) is 2. The molecule has 0 amide bonds. The minimum atomic E-state index is -1.13. The van der Waals surface area contributed by atoms with Gasteiger partial charge in [0.2, 0.25) is 0 Å². The van der Waals surface area contributed by atoms with Crippen LogP contribution in [0.5, 0.6) is 0 Å². The lowest BCUT2D eigenvalue weighted by molar-refractivity contribution is 0.0697. The van der Waals surface area contributed by atoms with Crippen LogP contribution in [0.15, 0.2) is 18.3 Å². The highest BCUT2D eigenvalue weighted by Crippen LogP contribution is 2.31.